The van der Waals surface area contributed by atoms with Gasteiger partial charge in [-0.25, -0.2) is 4.79 Å². The van der Waals surface area contributed by atoms with Crippen molar-refractivity contribution in [3.8, 4) is 0 Å². The van der Waals surface area contributed by atoms with Crippen LogP contribution in [0, 0.1) is 6.92 Å². The maximum absolute atomic E-state index is 11.8. The van der Waals surface area contributed by atoms with Crippen molar-refractivity contribution in [3.63, 3.8) is 0 Å². The quantitative estimate of drug-likeness (QED) is 0.572. The number of rotatable bonds is 7. The number of esters is 1. The number of ether oxygens (including phenoxy) is 1. The van der Waals surface area contributed by atoms with Crippen molar-refractivity contribution in [3.05, 3.63) is 17.5 Å². The van der Waals surface area contributed by atoms with Crippen molar-refractivity contribution in [1.82, 2.24) is 9.78 Å². The normalized spacial score (nSPS) is 12.5. The van der Waals surface area contributed by atoms with E-state index in [-0.39, 0.29) is 11.6 Å². The Labute approximate surface area is 128 Å². The minimum atomic E-state index is -1.57. The predicted octanol–water partition coefficient (Wildman–Crippen LogP) is 3.39. The Bertz CT molecular complexity index is 490. The summed E-state index contributed by atoms with van der Waals surface area (Å²) < 4.78 is 13.1. The number of hydrogen-bond donors (Lipinski definition) is 0. The first-order chi connectivity index (χ1) is 9.56. The van der Waals surface area contributed by atoms with Gasteiger partial charge in [0.15, 0.2) is 8.32 Å². The van der Waals surface area contributed by atoms with Crippen molar-refractivity contribution < 1.29 is 14.0 Å². The molecule has 0 amide bonds. The summed E-state index contributed by atoms with van der Waals surface area (Å²) in [5.41, 5.74) is 1.20. The van der Waals surface area contributed by atoms with Gasteiger partial charge < -0.3 is 9.16 Å². The number of aromatic nitrogens is 2. The van der Waals surface area contributed by atoms with E-state index in [1.807, 2.05) is 11.6 Å². The lowest BCUT2D eigenvalue weighted by atomic mass is 10.1. The van der Waals surface area contributed by atoms with Gasteiger partial charge in [-0.1, -0.05) is 0 Å². The summed E-state index contributed by atoms with van der Waals surface area (Å²) in [6.07, 6.45) is 2.43. The fraction of sp³-hybridized carbons (Fsp3) is 0.733. The molecule has 0 atom stereocenters. The second-order valence-corrected chi connectivity index (χ2v) is 11.2. The van der Waals surface area contributed by atoms with Gasteiger partial charge in [-0.15, -0.1) is 0 Å². The molecule has 1 aromatic rings. The van der Waals surface area contributed by atoms with Gasteiger partial charge in [-0.05, 0) is 53.8 Å². The zero-order valence-electron chi connectivity index (χ0n) is 14.3. The van der Waals surface area contributed by atoms with E-state index in [0.717, 1.165) is 18.7 Å². The van der Waals surface area contributed by atoms with Gasteiger partial charge in [-0.2, -0.15) is 5.10 Å². The SMILES string of the molecule is CCOC(=O)c1cnn(CCC(C)(C)O[Si](C)(C)C)c1C. The molecule has 120 valence electrons. The average molecular weight is 312 g/mol. The van der Waals surface area contributed by atoms with Crippen molar-refractivity contribution in [2.24, 2.45) is 0 Å². The molecular weight excluding hydrogens is 284 g/mol. The number of aryl methyl sites for hydroxylation is 1. The van der Waals surface area contributed by atoms with Crippen LogP contribution in [0.2, 0.25) is 19.6 Å². The third-order valence-corrected chi connectivity index (χ3v) is 4.27. The maximum atomic E-state index is 11.8. The molecule has 6 heteroatoms. The second kappa shape index (κ2) is 6.75. The van der Waals surface area contributed by atoms with Crippen LogP contribution < -0.4 is 0 Å². The summed E-state index contributed by atoms with van der Waals surface area (Å²) >= 11 is 0. The molecule has 0 saturated heterocycles. The third-order valence-electron chi connectivity index (χ3n) is 3.11. The van der Waals surface area contributed by atoms with E-state index in [2.05, 4.69) is 38.6 Å². The van der Waals surface area contributed by atoms with Gasteiger partial charge >= 0.3 is 5.97 Å². The second-order valence-electron chi connectivity index (χ2n) is 6.81. The molecule has 0 spiro atoms. The van der Waals surface area contributed by atoms with Crippen LogP contribution in [0.5, 0.6) is 0 Å². The first-order valence-electron chi connectivity index (χ1n) is 7.45. The van der Waals surface area contributed by atoms with E-state index in [4.69, 9.17) is 9.16 Å². The van der Waals surface area contributed by atoms with Crippen molar-refractivity contribution >= 4 is 14.3 Å². The molecular formula is C15H28N2O3Si. The Balaban J connectivity index is 2.70. The van der Waals surface area contributed by atoms with Crippen LogP contribution in [-0.4, -0.2) is 36.3 Å². The van der Waals surface area contributed by atoms with Crippen LogP contribution >= 0.6 is 0 Å². The first-order valence-corrected chi connectivity index (χ1v) is 10.9. The molecule has 1 aromatic heterocycles. The molecule has 0 fully saturated rings. The molecule has 0 aromatic carbocycles. The van der Waals surface area contributed by atoms with Crippen LogP contribution in [0.4, 0.5) is 0 Å². The summed E-state index contributed by atoms with van der Waals surface area (Å²) in [5, 5.41) is 4.29. The maximum Gasteiger partial charge on any atom is 0.341 e. The Morgan fingerprint density at radius 3 is 2.52 bits per heavy atom. The van der Waals surface area contributed by atoms with Gasteiger partial charge in [0, 0.05) is 12.2 Å². The highest BCUT2D eigenvalue weighted by Crippen LogP contribution is 2.22. The van der Waals surface area contributed by atoms with E-state index >= 15 is 0 Å². The van der Waals surface area contributed by atoms with Gasteiger partial charge in [0.05, 0.1) is 18.4 Å². The van der Waals surface area contributed by atoms with Crippen LogP contribution in [0.3, 0.4) is 0 Å². The monoisotopic (exact) mass is 312 g/mol. The fourth-order valence-corrected chi connectivity index (χ4v) is 4.10. The molecule has 0 radical (unpaired) electrons. The fourth-order valence-electron chi connectivity index (χ4n) is 2.34. The summed E-state index contributed by atoms with van der Waals surface area (Å²) in [6.45, 7) is 15.6. The van der Waals surface area contributed by atoms with E-state index < -0.39 is 8.32 Å². The molecule has 0 saturated carbocycles. The van der Waals surface area contributed by atoms with Gasteiger partial charge in [0.1, 0.15) is 5.56 Å². The van der Waals surface area contributed by atoms with Crippen molar-refractivity contribution in [2.75, 3.05) is 6.61 Å². The molecule has 0 aliphatic carbocycles. The van der Waals surface area contributed by atoms with Crippen LogP contribution in [0.25, 0.3) is 0 Å². The summed E-state index contributed by atoms with van der Waals surface area (Å²) in [6, 6.07) is 0. The number of carbonyl (C=O) groups excluding carboxylic acids is 1. The van der Waals surface area contributed by atoms with Crippen LogP contribution in [-0.2, 0) is 15.7 Å². The Morgan fingerprint density at radius 2 is 2.00 bits per heavy atom. The standard InChI is InChI=1S/C15H28N2O3Si/c1-8-19-14(18)13-11-16-17(12(13)2)10-9-15(3,4)20-21(5,6)7/h11H,8-10H2,1-7H3. The van der Waals surface area contributed by atoms with Gasteiger partial charge in [0.2, 0.25) is 0 Å². The largest absolute Gasteiger partial charge is 0.462 e. The molecule has 1 heterocycles. The van der Waals surface area contributed by atoms with Gasteiger partial charge in [0.25, 0.3) is 0 Å². The molecule has 0 aliphatic heterocycles. The molecule has 0 unspecified atom stereocenters. The minimum Gasteiger partial charge on any atom is -0.462 e. The van der Waals surface area contributed by atoms with E-state index in [1.54, 1.807) is 13.1 Å². The number of hydrogen-bond acceptors (Lipinski definition) is 4. The zero-order valence-corrected chi connectivity index (χ0v) is 15.3. The van der Waals surface area contributed by atoms with Gasteiger partial charge in [-0.3, -0.25) is 4.68 Å². The predicted molar refractivity (Wildman–Crippen MR) is 86.0 cm³/mol. The first kappa shape index (κ1) is 17.9. The molecule has 0 bridgehead atoms. The van der Waals surface area contributed by atoms with Crippen molar-refractivity contribution in [1.29, 1.82) is 0 Å². The molecule has 21 heavy (non-hydrogen) atoms. The Hall–Kier alpha value is -1.14. The third kappa shape index (κ3) is 5.63. The summed E-state index contributed by atoms with van der Waals surface area (Å²) in [5.74, 6) is -0.307. The Kier molecular flexibility index (Phi) is 5.75. The highest BCUT2D eigenvalue weighted by molar-refractivity contribution is 6.69. The zero-order chi connectivity index (χ0) is 16.3. The van der Waals surface area contributed by atoms with Crippen molar-refractivity contribution in [2.45, 2.75) is 65.9 Å². The smallest absolute Gasteiger partial charge is 0.341 e. The number of carbonyl (C=O) groups is 1. The number of nitrogens with zero attached hydrogens (tertiary/aromatic N) is 2. The topological polar surface area (TPSA) is 53.3 Å². The molecule has 0 aliphatic rings. The highest BCUT2D eigenvalue weighted by atomic mass is 28.4. The van der Waals surface area contributed by atoms with E-state index in [1.165, 1.54) is 0 Å². The summed E-state index contributed by atoms with van der Waals surface area (Å²) in [4.78, 5) is 11.8. The summed E-state index contributed by atoms with van der Waals surface area (Å²) in [7, 11) is -1.57. The lowest BCUT2D eigenvalue weighted by molar-refractivity contribution is 0.0525. The molecule has 5 nitrogen and oxygen atoms in total. The highest BCUT2D eigenvalue weighted by Gasteiger charge is 2.27. The van der Waals surface area contributed by atoms with E-state index in [9.17, 15) is 4.79 Å². The van der Waals surface area contributed by atoms with Crippen LogP contribution in [0.1, 0.15) is 43.2 Å². The lowest BCUT2D eigenvalue weighted by Gasteiger charge is -2.33. The molecule has 0 N–H and O–H groups in total. The minimum absolute atomic E-state index is 0.188. The lowest BCUT2D eigenvalue weighted by Crippen LogP contribution is -2.39. The molecule has 1 rings (SSSR count). The Morgan fingerprint density at radius 1 is 1.38 bits per heavy atom. The average Bonchev–Trinajstić information content (AvgIpc) is 2.65. The van der Waals surface area contributed by atoms with E-state index in [0.29, 0.717) is 12.2 Å². The van der Waals surface area contributed by atoms with Crippen LogP contribution in [0.15, 0.2) is 6.20 Å².